The number of hydrogen-bond donors (Lipinski definition) is 31. The SMILES string of the molecule is CC[C@H](C)[C@H](NC(=O)[C@H](CCC(N)=O)NC(=O)[C@H](CC(C)C)NC(=O)[C@H](CCC(=O)O)NC(=O)[C@H](CO)NC(=O)[C@H](CCCNC(=N)N)NC(=O)[C@H](CCSC)NC(=O)CNC(=O)[C@H](CC(C)C)NC(=O)[C@@H](N)CCCCN)C(=O)N[C@@H](CC(=O)O)C(=O)N[C@@H](CC(N)=O)C(=O)N[C@@H](CC(=O)O)C(=O)N[C@@H](CCC(N)=O)C(=O)N[C@@H](CC(=O)O)C(=O)N[C@@H](C)C(=O)N[C@@H](CC(=O)O)C(=O)O. The van der Waals surface area contributed by atoms with Crippen molar-refractivity contribution < 1.29 is 156 Å². The van der Waals surface area contributed by atoms with Crippen LogP contribution in [0.15, 0.2) is 0 Å². The average molecular weight is 1950 g/mol. The lowest BCUT2D eigenvalue weighted by Gasteiger charge is -2.30. The fourth-order valence-corrected chi connectivity index (χ4v) is 12.8. The topological polar surface area (TPSA) is 953 Å². The van der Waals surface area contributed by atoms with E-state index in [0.29, 0.717) is 19.4 Å². The number of aliphatic hydroxyl groups is 1. The maximum atomic E-state index is 14.6. The Balaban J connectivity index is 7.31. The molecule has 0 aliphatic rings. The molecule has 0 aliphatic heterocycles. The van der Waals surface area contributed by atoms with Gasteiger partial charge in [0.1, 0.15) is 90.6 Å². The predicted molar refractivity (Wildman–Crippen MR) is 470 cm³/mol. The highest BCUT2D eigenvalue weighted by molar-refractivity contribution is 7.98. The molecule has 0 saturated carbocycles. The minimum Gasteiger partial charge on any atom is -0.481 e. The standard InChI is InChI=1S/C78H130N24O32S/c1-9-36(6)61(76(132)99-49(30-59(114)115)74(130)96-46(27-54(83)106)72(128)98-48(29-58(112)113)73(129)91-40(15-18-52(81)104)66(122)97-47(28-57(110)111)70(126)88-37(7)62(118)100-50(77(133)134)31-60(116)117)102-69(125)41(16-19-53(82)105)92-71(127)45(26-35(4)5)95-67(123)42(17-20-56(108)109)93-75(131)51(33-103)101-65(121)39(14-12-23-86-78(84)85)90-68(124)43(21-24-135-8)89-55(107)32-87-64(120)44(25-34(2)3)94-63(119)38(80)13-10-11-22-79/h34-51,61,103H,9-33,79-80H2,1-8H3,(H2,81,104)(H2,82,105)(H2,83,106)(H,87,120)(H,88,126)(H,89,107)(H,90,124)(H,91,129)(H,92,127)(H,93,131)(H,94,119)(H,95,123)(H,96,130)(H,97,122)(H,98,128)(H,99,132)(H,100,118)(H,101,121)(H,102,125)(H,108,109)(H,110,111)(H,112,113)(H,114,115)(H,116,117)(H,133,134)(H4,84,85,86)/t36-,37-,38-,39-,40-,41-,42-,43-,44-,45-,46-,47-,48-,49-,50-,51-,61-/m0/s1. The number of nitrogens with two attached hydrogens (primary N) is 6. The summed E-state index contributed by atoms with van der Waals surface area (Å²) in [5.41, 5.74) is 33.2. The molecule has 0 unspecified atom stereocenters. The van der Waals surface area contributed by atoms with Gasteiger partial charge in [-0.2, -0.15) is 11.8 Å². The number of carbonyl (C=O) groups excluding carboxylic acids is 19. The zero-order chi connectivity index (χ0) is 103. The first-order valence-electron chi connectivity index (χ1n) is 42.6. The van der Waals surface area contributed by atoms with E-state index in [1.165, 1.54) is 25.6 Å². The van der Waals surface area contributed by atoms with E-state index in [1.807, 2.05) is 31.9 Å². The summed E-state index contributed by atoms with van der Waals surface area (Å²) < 4.78 is 0. The van der Waals surface area contributed by atoms with Crippen molar-refractivity contribution in [3.05, 3.63) is 0 Å². The number of nitrogens with one attached hydrogen (secondary N) is 18. The highest BCUT2D eigenvalue weighted by Gasteiger charge is 2.41. The molecule has 0 fully saturated rings. The quantitative estimate of drug-likeness (QED) is 0.0153. The number of carbonyl (C=O) groups is 25. The Morgan fingerprint density at radius 2 is 0.689 bits per heavy atom. The average Bonchev–Trinajstić information content (AvgIpc) is 0.836. The number of aliphatic carboxylic acids is 6. The number of primary amides is 3. The second-order valence-corrected chi connectivity index (χ2v) is 33.1. The predicted octanol–water partition coefficient (Wildman–Crippen LogP) is -11.7. The van der Waals surface area contributed by atoms with Gasteiger partial charge in [0.2, 0.25) is 112 Å². The van der Waals surface area contributed by atoms with Crippen LogP contribution in [0.5, 0.6) is 0 Å². The lowest BCUT2D eigenvalue weighted by molar-refractivity contribution is -0.147. The summed E-state index contributed by atoms with van der Waals surface area (Å²) in [5.74, 6) is -36.5. The molecule has 0 bridgehead atoms. The number of aliphatic hydroxyl groups excluding tert-OH is 1. The number of hydrogen-bond acceptors (Lipinski definition) is 30. The molecule has 57 heteroatoms. The van der Waals surface area contributed by atoms with Crippen LogP contribution in [0.2, 0.25) is 0 Å². The monoisotopic (exact) mass is 1950 g/mol. The molecule has 0 radical (unpaired) electrons. The number of amides is 19. The molecule has 0 spiro atoms. The van der Waals surface area contributed by atoms with Crippen LogP contribution in [0.1, 0.15) is 177 Å². The van der Waals surface area contributed by atoms with Gasteiger partial charge in [0.25, 0.3) is 0 Å². The highest BCUT2D eigenvalue weighted by Crippen LogP contribution is 2.16. The summed E-state index contributed by atoms with van der Waals surface area (Å²) in [6.07, 6.45) is -8.70. The lowest BCUT2D eigenvalue weighted by Crippen LogP contribution is -2.62. The third-order valence-electron chi connectivity index (χ3n) is 19.6. The van der Waals surface area contributed by atoms with E-state index >= 15 is 0 Å². The van der Waals surface area contributed by atoms with Gasteiger partial charge in [0.05, 0.1) is 51.3 Å². The first-order chi connectivity index (χ1) is 63.0. The van der Waals surface area contributed by atoms with E-state index in [9.17, 15) is 151 Å². The van der Waals surface area contributed by atoms with Crippen molar-refractivity contribution in [2.24, 2.45) is 52.2 Å². The minimum atomic E-state index is -2.40. The number of guanidine groups is 1. The largest absolute Gasteiger partial charge is 0.481 e. The van der Waals surface area contributed by atoms with E-state index in [2.05, 4.69) is 58.5 Å². The number of unbranched alkanes of at least 4 members (excludes halogenated alkanes) is 1. The van der Waals surface area contributed by atoms with E-state index in [0.717, 1.165) is 6.92 Å². The van der Waals surface area contributed by atoms with Crippen molar-refractivity contribution in [3.8, 4) is 0 Å². The summed E-state index contributed by atoms with van der Waals surface area (Å²) in [4.78, 5) is 331. The molecule has 135 heavy (non-hydrogen) atoms. The maximum Gasteiger partial charge on any atom is 0.326 e. The highest BCUT2D eigenvalue weighted by atomic mass is 32.2. The van der Waals surface area contributed by atoms with Gasteiger partial charge in [-0.05, 0) is 107 Å². The van der Waals surface area contributed by atoms with Gasteiger partial charge in [-0.3, -0.25) is 120 Å². The third kappa shape index (κ3) is 50.6. The Bertz CT molecular complexity index is 4180. The number of carboxylic acids is 6. The smallest absolute Gasteiger partial charge is 0.326 e. The van der Waals surface area contributed by atoms with E-state index in [4.69, 9.17) is 44.9 Å². The first-order valence-corrected chi connectivity index (χ1v) is 44.0. The molecule has 0 aliphatic carbocycles. The fraction of sp³-hybridized carbons (Fsp3) is 0.667. The van der Waals surface area contributed by atoms with Gasteiger partial charge in [0, 0.05) is 25.8 Å². The van der Waals surface area contributed by atoms with Gasteiger partial charge < -0.3 is 161 Å². The molecule has 17 atom stereocenters. The molecule has 0 aromatic rings. The van der Waals surface area contributed by atoms with Crippen LogP contribution in [0.25, 0.3) is 0 Å². The summed E-state index contributed by atoms with van der Waals surface area (Å²) >= 11 is 1.26. The van der Waals surface area contributed by atoms with E-state index < -0.39 is 346 Å². The second-order valence-electron chi connectivity index (χ2n) is 32.1. The molecule has 0 aromatic carbocycles. The van der Waals surface area contributed by atoms with Crippen LogP contribution in [-0.2, 0) is 120 Å². The third-order valence-corrected chi connectivity index (χ3v) is 20.3. The Hall–Kier alpha value is -13.7. The Morgan fingerprint density at radius 3 is 1.08 bits per heavy atom. The van der Waals surface area contributed by atoms with Crippen molar-refractivity contribution in [2.45, 2.75) is 274 Å². The molecular weight excluding hydrogens is 1820 g/mol. The van der Waals surface area contributed by atoms with E-state index in [1.54, 1.807) is 34.0 Å². The Kier molecular flexibility index (Phi) is 56.9. The van der Waals surface area contributed by atoms with Crippen LogP contribution >= 0.6 is 11.8 Å². The summed E-state index contributed by atoms with van der Waals surface area (Å²) in [6.45, 7) is 8.80. The van der Waals surface area contributed by atoms with Crippen molar-refractivity contribution in [3.63, 3.8) is 0 Å². The zero-order valence-corrected chi connectivity index (χ0v) is 76.7. The molecule has 760 valence electrons. The van der Waals surface area contributed by atoms with Gasteiger partial charge in [-0.1, -0.05) is 54.4 Å². The van der Waals surface area contributed by atoms with Crippen molar-refractivity contribution in [1.82, 2.24) is 90.4 Å². The van der Waals surface area contributed by atoms with Gasteiger partial charge >= 0.3 is 35.8 Å². The summed E-state index contributed by atoms with van der Waals surface area (Å²) in [5, 5.41) is 114. The van der Waals surface area contributed by atoms with Gasteiger partial charge in [0.15, 0.2) is 5.96 Å². The number of carboxylic acid groups (broad SMARTS) is 6. The lowest BCUT2D eigenvalue weighted by atomic mass is 9.96. The molecule has 37 N–H and O–H groups in total. The molecule has 0 heterocycles. The van der Waals surface area contributed by atoms with Crippen molar-refractivity contribution in [2.75, 3.05) is 38.2 Å². The van der Waals surface area contributed by atoms with Crippen LogP contribution in [0.3, 0.4) is 0 Å². The molecule has 19 amide bonds. The number of thioether (sulfide) groups is 1. The van der Waals surface area contributed by atoms with Crippen molar-refractivity contribution in [1.29, 1.82) is 5.41 Å². The normalized spacial score (nSPS) is 14.8. The summed E-state index contributed by atoms with van der Waals surface area (Å²) in [7, 11) is 0. The summed E-state index contributed by atoms with van der Waals surface area (Å²) in [6, 6.07) is -29.9. The van der Waals surface area contributed by atoms with Gasteiger partial charge in [-0.15, -0.1) is 0 Å². The Labute approximate surface area is 778 Å². The number of rotatable bonds is 70. The van der Waals surface area contributed by atoms with Gasteiger partial charge in [-0.25, -0.2) is 4.79 Å². The molecule has 0 rings (SSSR count). The van der Waals surface area contributed by atoms with Crippen LogP contribution in [0, 0.1) is 23.2 Å². The van der Waals surface area contributed by atoms with E-state index in [-0.39, 0.29) is 63.2 Å². The molecule has 56 nitrogen and oxygen atoms in total. The second kappa shape index (κ2) is 63.4. The van der Waals surface area contributed by atoms with Crippen molar-refractivity contribution >= 4 is 166 Å². The van der Waals surface area contributed by atoms with Crippen LogP contribution in [-0.4, -0.2) is 325 Å². The minimum absolute atomic E-state index is 0.0262. The maximum absolute atomic E-state index is 14.6. The van der Waals surface area contributed by atoms with Crippen LogP contribution < -0.4 is 125 Å². The Morgan fingerprint density at radius 1 is 0.341 bits per heavy atom. The fourth-order valence-electron chi connectivity index (χ4n) is 12.3. The molecule has 0 aromatic heterocycles. The molecule has 0 saturated heterocycles. The van der Waals surface area contributed by atoms with Crippen LogP contribution in [0.4, 0.5) is 0 Å². The first kappa shape index (κ1) is 121. The zero-order valence-electron chi connectivity index (χ0n) is 75.9. The molecular formula is C78H130N24O32S.